The number of likely N-dealkylation sites (N-methyl/N-ethyl adjacent to an activating group) is 1. The van der Waals surface area contributed by atoms with Crippen molar-refractivity contribution in [1.29, 1.82) is 0 Å². The first-order valence-corrected chi connectivity index (χ1v) is 8.04. The Balaban J connectivity index is 1.51. The molecule has 1 fully saturated rings. The molecule has 2 aliphatic rings. The van der Waals surface area contributed by atoms with Crippen LogP contribution in [-0.2, 0) is 11.4 Å². The SMILES string of the molecule is CCC1=NO[C@@H](CN(CC)Cc2noc(C3CCC3)n2)C1. The molecule has 1 aromatic rings. The van der Waals surface area contributed by atoms with Crippen LogP contribution in [0.2, 0.25) is 0 Å². The molecule has 0 saturated heterocycles. The van der Waals surface area contributed by atoms with Crippen LogP contribution in [0.3, 0.4) is 0 Å². The monoisotopic (exact) mass is 292 g/mol. The van der Waals surface area contributed by atoms with Gasteiger partial charge in [0, 0.05) is 18.9 Å². The number of hydrogen-bond donors (Lipinski definition) is 0. The zero-order valence-electron chi connectivity index (χ0n) is 12.9. The lowest BCUT2D eigenvalue weighted by Gasteiger charge is -2.21. The number of oxime groups is 1. The summed E-state index contributed by atoms with van der Waals surface area (Å²) in [7, 11) is 0. The molecular weight excluding hydrogens is 268 g/mol. The van der Waals surface area contributed by atoms with Gasteiger partial charge in [-0.1, -0.05) is 30.6 Å². The zero-order valence-corrected chi connectivity index (χ0v) is 12.9. The maximum atomic E-state index is 5.48. The van der Waals surface area contributed by atoms with E-state index in [-0.39, 0.29) is 6.10 Å². The Bertz CT molecular complexity index is 496. The van der Waals surface area contributed by atoms with E-state index >= 15 is 0 Å². The van der Waals surface area contributed by atoms with Crippen molar-refractivity contribution in [2.75, 3.05) is 13.1 Å². The van der Waals surface area contributed by atoms with Crippen molar-refractivity contribution in [2.24, 2.45) is 5.16 Å². The Hall–Kier alpha value is -1.43. The molecule has 6 nitrogen and oxygen atoms in total. The van der Waals surface area contributed by atoms with Crippen molar-refractivity contribution in [3.8, 4) is 0 Å². The topological polar surface area (TPSA) is 63.8 Å². The Morgan fingerprint density at radius 3 is 2.76 bits per heavy atom. The van der Waals surface area contributed by atoms with E-state index in [1.165, 1.54) is 19.3 Å². The van der Waals surface area contributed by atoms with Crippen molar-refractivity contribution in [1.82, 2.24) is 15.0 Å². The van der Waals surface area contributed by atoms with Gasteiger partial charge in [0.25, 0.3) is 0 Å². The molecule has 1 aliphatic heterocycles. The maximum absolute atomic E-state index is 5.48. The summed E-state index contributed by atoms with van der Waals surface area (Å²) < 4.78 is 5.38. The molecule has 0 amide bonds. The highest BCUT2D eigenvalue weighted by Gasteiger charge is 2.26. The Morgan fingerprint density at radius 1 is 1.29 bits per heavy atom. The number of rotatable bonds is 7. The minimum Gasteiger partial charge on any atom is -0.391 e. The van der Waals surface area contributed by atoms with E-state index in [1.54, 1.807) is 0 Å². The smallest absolute Gasteiger partial charge is 0.229 e. The highest BCUT2D eigenvalue weighted by Crippen LogP contribution is 2.35. The van der Waals surface area contributed by atoms with Gasteiger partial charge in [-0.05, 0) is 25.8 Å². The quantitative estimate of drug-likeness (QED) is 0.773. The fraction of sp³-hybridized carbons (Fsp3) is 0.800. The van der Waals surface area contributed by atoms with Gasteiger partial charge in [-0.3, -0.25) is 4.90 Å². The van der Waals surface area contributed by atoms with Crippen LogP contribution in [-0.4, -0.2) is 39.9 Å². The van der Waals surface area contributed by atoms with Gasteiger partial charge in [-0.15, -0.1) is 0 Å². The molecular formula is C15H24N4O2. The largest absolute Gasteiger partial charge is 0.391 e. The predicted octanol–water partition coefficient (Wildman–Crippen LogP) is 2.71. The molecule has 0 N–H and O–H groups in total. The van der Waals surface area contributed by atoms with Crippen LogP contribution < -0.4 is 0 Å². The van der Waals surface area contributed by atoms with E-state index in [0.29, 0.717) is 12.5 Å². The highest BCUT2D eigenvalue weighted by atomic mass is 16.6. The molecule has 0 aromatic carbocycles. The van der Waals surface area contributed by atoms with Gasteiger partial charge in [0.2, 0.25) is 5.89 Å². The molecule has 2 heterocycles. The van der Waals surface area contributed by atoms with Gasteiger partial charge < -0.3 is 9.36 Å². The van der Waals surface area contributed by atoms with Crippen LogP contribution in [0.1, 0.15) is 63.6 Å². The van der Waals surface area contributed by atoms with E-state index in [2.05, 4.69) is 34.0 Å². The van der Waals surface area contributed by atoms with Gasteiger partial charge in [0.05, 0.1) is 12.3 Å². The molecule has 21 heavy (non-hydrogen) atoms. The molecule has 1 atom stereocenters. The summed E-state index contributed by atoms with van der Waals surface area (Å²) in [5, 5.41) is 8.23. The molecule has 3 rings (SSSR count). The third-order valence-electron chi connectivity index (χ3n) is 4.41. The van der Waals surface area contributed by atoms with Crippen LogP contribution in [0.25, 0.3) is 0 Å². The second-order valence-electron chi connectivity index (χ2n) is 5.95. The van der Waals surface area contributed by atoms with Crippen LogP contribution in [0.5, 0.6) is 0 Å². The summed E-state index contributed by atoms with van der Waals surface area (Å²) in [6.07, 6.45) is 5.73. The van der Waals surface area contributed by atoms with E-state index in [0.717, 1.165) is 43.4 Å². The lowest BCUT2D eigenvalue weighted by Crippen LogP contribution is -2.32. The molecule has 116 valence electrons. The number of aromatic nitrogens is 2. The van der Waals surface area contributed by atoms with Crippen molar-refractivity contribution in [3.63, 3.8) is 0 Å². The molecule has 0 radical (unpaired) electrons. The average molecular weight is 292 g/mol. The zero-order chi connectivity index (χ0) is 14.7. The van der Waals surface area contributed by atoms with Crippen molar-refractivity contribution in [2.45, 2.75) is 64.5 Å². The third-order valence-corrected chi connectivity index (χ3v) is 4.41. The fourth-order valence-electron chi connectivity index (χ4n) is 2.74. The van der Waals surface area contributed by atoms with Gasteiger partial charge in [-0.2, -0.15) is 4.98 Å². The lowest BCUT2D eigenvalue weighted by molar-refractivity contribution is 0.0510. The highest BCUT2D eigenvalue weighted by molar-refractivity contribution is 5.85. The minimum absolute atomic E-state index is 0.165. The summed E-state index contributed by atoms with van der Waals surface area (Å²) in [6.45, 7) is 6.77. The van der Waals surface area contributed by atoms with Crippen LogP contribution >= 0.6 is 0 Å². The first-order chi connectivity index (χ1) is 10.3. The number of hydrogen-bond acceptors (Lipinski definition) is 6. The summed E-state index contributed by atoms with van der Waals surface area (Å²) in [4.78, 5) is 12.3. The van der Waals surface area contributed by atoms with E-state index in [4.69, 9.17) is 9.36 Å². The van der Waals surface area contributed by atoms with Crippen molar-refractivity contribution < 1.29 is 9.36 Å². The molecule has 0 unspecified atom stereocenters. The van der Waals surface area contributed by atoms with Gasteiger partial charge >= 0.3 is 0 Å². The van der Waals surface area contributed by atoms with E-state index < -0.39 is 0 Å². The molecule has 6 heteroatoms. The second kappa shape index (κ2) is 6.56. The summed E-state index contributed by atoms with van der Waals surface area (Å²) in [5.74, 6) is 2.11. The van der Waals surface area contributed by atoms with E-state index in [1.807, 2.05) is 0 Å². The summed E-state index contributed by atoms with van der Waals surface area (Å²) >= 11 is 0. The molecule has 1 aliphatic carbocycles. The summed E-state index contributed by atoms with van der Waals surface area (Å²) in [6, 6.07) is 0. The van der Waals surface area contributed by atoms with Crippen molar-refractivity contribution >= 4 is 5.71 Å². The third kappa shape index (κ3) is 3.43. The molecule has 1 aromatic heterocycles. The van der Waals surface area contributed by atoms with Crippen LogP contribution in [0, 0.1) is 0 Å². The van der Waals surface area contributed by atoms with Crippen LogP contribution in [0.4, 0.5) is 0 Å². The Morgan fingerprint density at radius 2 is 2.14 bits per heavy atom. The summed E-state index contributed by atoms with van der Waals surface area (Å²) in [5.41, 5.74) is 1.16. The van der Waals surface area contributed by atoms with E-state index in [9.17, 15) is 0 Å². The number of nitrogens with zero attached hydrogens (tertiary/aromatic N) is 4. The van der Waals surface area contributed by atoms with Gasteiger partial charge in [0.15, 0.2) is 5.82 Å². The predicted molar refractivity (Wildman–Crippen MR) is 79.1 cm³/mol. The average Bonchev–Trinajstić information content (AvgIpc) is 3.06. The molecule has 0 spiro atoms. The van der Waals surface area contributed by atoms with Gasteiger partial charge in [-0.25, -0.2) is 0 Å². The first-order valence-electron chi connectivity index (χ1n) is 8.04. The first kappa shape index (κ1) is 14.5. The fourth-order valence-corrected chi connectivity index (χ4v) is 2.74. The minimum atomic E-state index is 0.165. The van der Waals surface area contributed by atoms with Gasteiger partial charge in [0.1, 0.15) is 6.10 Å². The maximum Gasteiger partial charge on any atom is 0.229 e. The van der Waals surface area contributed by atoms with Crippen LogP contribution in [0.15, 0.2) is 9.68 Å². The normalized spacial score (nSPS) is 22.2. The van der Waals surface area contributed by atoms with Crippen molar-refractivity contribution in [3.05, 3.63) is 11.7 Å². The Kier molecular flexibility index (Phi) is 4.53. The second-order valence-corrected chi connectivity index (χ2v) is 5.95. The molecule has 0 bridgehead atoms. The molecule has 1 saturated carbocycles. The Labute approximate surface area is 125 Å². The standard InChI is InChI=1S/C15H24N4O2/c1-3-12-8-13(20-17-12)9-19(4-2)10-14-16-15(21-18-14)11-6-5-7-11/h11,13H,3-10H2,1-2H3/t13-/m1/s1. The lowest BCUT2D eigenvalue weighted by atomic mass is 9.85.